The number of carbonyl (C=O) groups is 2. The maximum Gasteiger partial charge on any atom is 0.265 e. The number of amides is 2. The largest absolute Gasteiger partial charge is 0.482 e. The van der Waals surface area contributed by atoms with Crippen molar-refractivity contribution in [2.75, 3.05) is 31.2 Å². The van der Waals surface area contributed by atoms with E-state index in [2.05, 4.69) is 0 Å². The molecule has 1 aliphatic carbocycles. The molecule has 0 radical (unpaired) electrons. The highest BCUT2D eigenvalue weighted by atomic mass is 16.5. The second-order valence-corrected chi connectivity index (χ2v) is 6.90. The minimum atomic E-state index is -0.0935. The molecule has 4 rings (SSSR count). The van der Waals surface area contributed by atoms with Crippen LogP contribution in [0.4, 0.5) is 5.69 Å². The fourth-order valence-corrected chi connectivity index (χ4v) is 4.16. The lowest BCUT2D eigenvalue weighted by Crippen LogP contribution is -2.55. The van der Waals surface area contributed by atoms with Crippen LogP contribution >= 0.6 is 0 Å². The first-order chi connectivity index (χ1) is 12.2. The fourth-order valence-electron chi connectivity index (χ4n) is 4.16. The molecule has 6 heteroatoms. The number of benzene rings is 1. The zero-order valence-electron chi connectivity index (χ0n) is 14.4. The van der Waals surface area contributed by atoms with Crippen molar-refractivity contribution in [3.8, 4) is 5.75 Å². The summed E-state index contributed by atoms with van der Waals surface area (Å²) >= 11 is 0. The van der Waals surface area contributed by atoms with E-state index in [0.29, 0.717) is 31.9 Å². The van der Waals surface area contributed by atoms with Gasteiger partial charge in [0.2, 0.25) is 5.91 Å². The van der Waals surface area contributed by atoms with Crippen molar-refractivity contribution >= 4 is 17.5 Å². The Labute approximate surface area is 147 Å². The van der Waals surface area contributed by atoms with Crippen molar-refractivity contribution in [3.63, 3.8) is 0 Å². The van der Waals surface area contributed by atoms with E-state index in [9.17, 15) is 9.59 Å². The summed E-state index contributed by atoms with van der Waals surface area (Å²) in [6.45, 7) is 1.71. The molecule has 2 atom stereocenters. The Morgan fingerprint density at radius 3 is 2.96 bits per heavy atom. The van der Waals surface area contributed by atoms with E-state index in [1.54, 1.807) is 4.90 Å². The Bertz CT molecular complexity index is 661. The Kier molecular flexibility index (Phi) is 4.61. The molecule has 25 heavy (non-hydrogen) atoms. The van der Waals surface area contributed by atoms with Gasteiger partial charge in [0.05, 0.1) is 24.4 Å². The maximum absolute atomic E-state index is 12.8. The van der Waals surface area contributed by atoms with Gasteiger partial charge in [0.15, 0.2) is 6.61 Å². The van der Waals surface area contributed by atoms with Crippen LogP contribution in [0.3, 0.4) is 0 Å². The topological polar surface area (TPSA) is 59.1 Å². The second-order valence-electron chi connectivity index (χ2n) is 6.90. The number of nitrogens with zero attached hydrogens (tertiary/aromatic N) is 2. The number of morpholine rings is 1. The first kappa shape index (κ1) is 16.4. The van der Waals surface area contributed by atoms with Crippen LogP contribution in [0.1, 0.15) is 32.1 Å². The number of ether oxygens (including phenoxy) is 2. The van der Waals surface area contributed by atoms with Gasteiger partial charge in [0.1, 0.15) is 5.75 Å². The molecular formula is C19H24N2O4. The lowest BCUT2D eigenvalue weighted by Gasteiger charge is -2.44. The van der Waals surface area contributed by atoms with Gasteiger partial charge in [-0.3, -0.25) is 9.59 Å². The number of carbonyl (C=O) groups excluding carboxylic acids is 2. The number of hydrogen-bond acceptors (Lipinski definition) is 4. The number of anilines is 1. The van der Waals surface area contributed by atoms with E-state index in [0.717, 1.165) is 24.9 Å². The lowest BCUT2D eigenvalue weighted by molar-refractivity contribution is -0.149. The maximum atomic E-state index is 12.8. The molecule has 2 amide bonds. The molecule has 0 N–H and O–H groups in total. The van der Waals surface area contributed by atoms with E-state index in [4.69, 9.17) is 9.47 Å². The van der Waals surface area contributed by atoms with Crippen LogP contribution in [0, 0.1) is 0 Å². The summed E-state index contributed by atoms with van der Waals surface area (Å²) in [4.78, 5) is 28.7. The lowest BCUT2D eigenvalue weighted by atomic mass is 9.90. The highest BCUT2D eigenvalue weighted by Gasteiger charge is 2.36. The Morgan fingerprint density at radius 2 is 2.04 bits per heavy atom. The van der Waals surface area contributed by atoms with Crippen LogP contribution < -0.4 is 9.64 Å². The zero-order chi connectivity index (χ0) is 17.2. The molecule has 0 aromatic heterocycles. The minimum absolute atomic E-state index is 0.0352. The third-order valence-corrected chi connectivity index (χ3v) is 5.41. The molecule has 2 heterocycles. The van der Waals surface area contributed by atoms with Gasteiger partial charge in [-0.1, -0.05) is 25.0 Å². The Hall–Kier alpha value is -2.08. The summed E-state index contributed by atoms with van der Waals surface area (Å²) in [5, 5.41) is 0. The predicted molar refractivity (Wildman–Crippen MR) is 92.6 cm³/mol. The quantitative estimate of drug-likeness (QED) is 0.841. The summed E-state index contributed by atoms with van der Waals surface area (Å²) in [5.41, 5.74) is 0.754. The third-order valence-electron chi connectivity index (χ3n) is 5.41. The summed E-state index contributed by atoms with van der Waals surface area (Å²) in [7, 11) is 0. The number of rotatable bonds is 3. The smallest absolute Gasteiger partial charge is 0.265 e. The van der Waals surface area contributed by atoms with Gasteiger partial charge in [-0.2, -0.15) is 0 Å². The average Bonchev–Trinajstić information content (AvgIpc) is 2.66. The molecule has 134 valence electrons. The van der Waals surface area contributed by atoms with Crippen molar-refractivity contribution in [1.29, 1.82) is 0 Å². The normalized spacial score (nSPS) is 25.8. The minimum Gasteiger partial charge on any atom is -0.482 e. The van der Waals surface area contributed by atoms with Crippen molar-refractivity contribution < 1.29 is 19.1 Å². The molecule has 0 bridgehead atoms. The molecule has 0 spiro atoms. The zero-order valence-corrected chi connectivity index (χ0v) is 14.4. The molecule has 2 aliphatic heterocycles. The van der Waals surface area contributed by atoms with Crippen molar-refractivity contribution in [2.45, 2.75) is 44.2 Å². The van der Waals surface area contributed by atoms with Crippen LogP contribution in [-0.2, 0) is 14.3 Å². The van der Waals surface area contributed by atoms with Gasteiger partial charge in [0.25, 0.3) is 5.91 Å². The van der Waals surface area contributed by atoms with Crippen LogP contribution in [0.5, 0.6) is 5.75 Å². The van der Waals surface area contributed by atoms with E-state index in [-0.39, 0.29) is 30.6 Å². The molecule has 1 saturated heterocycles. The number of para-hydroxylation sites is 2. The summed E-state index contributed by atoms with van der Waals surface area (Å²) in [6.07, 6.45) is 4.94. The second kappa shape index (κ2) is 7.04. The SMILES string of the molecule is O=C1COc2ccccc2N1CCC(=O)N1CCO[C@H]2CCCC[C@H]21. The molecule has 1 saturated carbocycles. The van der Waals surface area contributed by atoms with Crippen LogP contribution in [0.2, 0.25) is 0 Å². The van der Waals surface area contributed by atoms with Gasteiger partial charge < -0.3 is 19.3 Å². The molecule has 6 nitrogen and oxygen atoms in total. The van der Waals surface area contributed by atoms with E-state index < -0.39 is 0 Å². The van der Waals surface area contributed by atoms with Gasteiger partial charge in [-0.15, -0.1) is 0 Å². The standard InChI is InChI=1S/C19H24N2O4/c22-18(21-11-12-24-16-7-3-1-5-14(16)21)9-10-20-15-6-2-4-8-17(15)25-13-19(20)23/h2,4,6,8,14,16H,1,3,5,7,9-13H2/t14-,16+/m1/s1. The van der Waals surface area contributed by atoms with E-state index >= 15 is 0 Å². The molecule has 1 aromatic carbocycles. The van der Waals surface area contributed by atoms with Crippen LogP contribution in [0.25, 0.3) is 0 Å². The Morgan fingerprint density at radius 1 is 1.20 bits per heavy atom. The highest BCUT2D eigenvalue weighted by molar-refractivity contribution is 5.98. The summed E-state index contributed by atoms with van der Waals surface area (Å²) < 4.78 is 11.3. The number of hydrogen-bond donors (Lipinski definition) is 0. The Balaban J connectivity index is 1.42. The fraction of sp³-hybridized carbons (Fsp3) is 0.579. The van der Waals surface area contributed by atoms with Crippen molar-refractivity contribution in [3.05, 3.63) is 24.3 Å². The molecule has 2 fully saturated rings. The molecule has 0 unspecified atom stereocenters. The predicted octanol–water partition coefficient (Wildman–Crippen LogP) is 1.97. The van der Waals surface area contributed by atoms with Crippen molar-refractivity contribution in [1.82, 2.24) is 4.90 Å². The highest BCUT2D eigenvalue weighted by Crippen LogP contribution is 2.32. The van der Waals surface area contributed by atoms with Crippen LogP contribution in [0.15, 0.2) is 24.3 Å². The van der Waals surface area contributed by atoms with Gasteiger partial charge in [-0.25, -0.2) is 0 Å². The molecular weight excluding hydrogens is 320 g/mol. The summed E-state index contributed by atoms with van der Waals surface area (Å²) in [5.74, 6) is 0.731. The first-order valence-electron chi connectivity index (χ1n) is 9.17. The van der Waals surface area contributed by atoms with E-state index in [1.165, 1.54) is 6.42 Å². The average molecular weight is 344 g/mol. The van der Waals surface area contributed by atoms with Gasteiger partial charge in [0, 0.05) is 19.5 Å². The molecule has 3 aliphatic rings. The van der Waals surface area contributed by atoms with E-state index in [1.807, 2.05) is 29.2 Å². The van der Waals surface area contributed by atoms with Crippen molar-refractivity contribution in [2.24, 2.45) is 0 Å². The monoisotopic (exact) mass is 344 g/mol. The van der Waals surface area contributed by atoms with Gasteiger partial charge in [-0.05, 0) is 25.0 Å². The first-order valence-corrected chi connectivity index (χ1v) is 9.17. The summed E-state index contributed by atoms with van der Waals surface area (Å²) in [6, 6.07) is 7.69. The molecule has 1 aromatic rings. The van der Waals surface area contributed by atoms with Gasteiger partial charge >= 0.3 is 0 Å². The number of fused-ring (bicyclic) bond motifs is 2. The third kappa shape index (κ3) is 3.23. The van der Waals surface area contributed by atoms with Crippen LogP contribution in [-0.4, -0.2) is 55.2 Å².